The van der Waals surface area contributed by atoms with Crippen molar-refractivity contribution in [3.05, 3.63) is 30.5 Å². The predicted molar refractivity (Wildman–Crippen MR) is 93.9 cm³/mol. The first kappa shape index (κ1) is 16.4. The Bertz CT molecular complexity index is 712. The average molecular weight is 329 g/mol. The van der Waals surface area contributed by atoms with Crippen molar-refractivity contribution >= 4 is 22.7 Å². The molecule has 0 spiro atoms. The number of anilines is 1. The minimum Gasteiger partial charge on any atom is -0.497 e. The summed E-state index contributed by atoms with van der Waals surface area (Å²) in [5.41, 5.74) is 0. The number of ether oxygens (including phenoxy) is 1. The molecule has 0 aliphatic carbocycles. The standard InChI is InChI=1S/C18H23N3O3/c1-24-15-2-3-16-14(12-15)5-9-19-17(16)21-10-6-13(7-11-21)4-8-20-18(22)23/h2-3,5,9,12-13,20H,4,6-8,10-11H2,1H3,(H,22,23). The first-order valence-corrected chi connectivity index (χ1v) is 8.32. The second-order valence-corrected chi connectivity index (χ2v) is 6.17. The van der Waals surface area contributed by atoms with Crippen molar-refractivity contribution < 1.29 is 14.6 Å². The van der Waals surface area contributed by atoms with Crippen LogP contribution in [0.4, 0.5) is 10.6 Å². The van der Waals surface area contributed by atoms with Gasteiger partial charge in [-0.1, -0.05) is 0 Å². The van der Waals surface area contributed by atoms with Crippen LogP contribution in [0.1, 0.15) is 19.3 Å². The molecule has 2 heterocycles. The molecule has 2 N–H and O–H groups in total. The molecule has 1 amide bonds. The summed E-state index contributed by atoms with van der Waals surface area (Å²) < 4.78 is 5.29. The highest BCUT2D eigenvalue weighted by Gasteiger charge is 2.21. The van der Waals surface area contributed by atoms with E-state index in [1.807, 2.05) is 24.4 Å². The molecule has 1 saturated heterocycles. The van der Waals surface area contributed by atoms with Crippen molar-refractivity contribution in [2.24, 2.45) is 5.92 Å². The van der Waals surface area contributed by atoms with E-state index in [4.69, 9.17) is 9.84 Å². The van der Waals surface area contributed by atoms with Crippen LogP contribution in [0.25, 0.3) is 10.8 Å². The molecule has 0 atom stereocenters. The Balaban J connectivity index is 1.66. The number of aromatic nitrogens is 1. The predicted octanol–water partition coefficient (Wildman–Crippen LogP) is 3.12. The number of amides is 1. The van der Waals surface area contributed by atoms with E-state index in [9.17, 15) is 4.79 Å². The number of nitrogens with zero attached hydrogens (tertiary/aromatic N) is 2. The lowest BCUT2D eigenvalue weighted by Gasteiger charge is -2.33. The smallest absolute Gasteiger partial charge is 0.404 e. The van der Waals surface area contributed by atoms with Crippen LogP contribution < -0.4 is 15.0 Å². The zero-order valence-corrected chi connectivity index (χ0v) is 13.9. The van der Waals surface area contributed by atoms with Crippen molar-refractivity contribution in [3.8, 4) is 5.75 Å². The third-order valence-electron chi connectivity index (χ3n) is 4.69. The third kappa shape index (κ3) is 3.69. The lowest BCUT2D eigenvalue weighted by atomic mass is 9.93. The highest BCUT2D eigenvalue weighted by atomic mass is 16.5. The Kier molecular flexibility index (Phi) is 5.03. The number of piperidine rings is 1. The van der Waals surface area contributed by atoms with Crippen LogP contribution in [0, 0.1) is 5.92 Å². The van der Waals surface area contributed by atoms with E-state index in [1.165, 1.54) is 0 Å². The summed E-state index contributed by atoms with van der Waals surface area (Å²) in [6.07, 6.45) is 3.94. The summed E-state index contributed by atoms with van der Waals surface area (Å²) in [6.45, 7) is 2.44. The van der Waals surface area contributed by atoms with E-state index >= 15 is 0 Å². The Hall–Kier alpha value is -2.50. The normalized spacial score (nSPS) is 15.5. The molecule has 1 aliphatic rings. The van der Waals surface area contributed by atoms with Gasteiger partial charge in [0.25, 0.3) is 0 Å². The number of carboxylic acid groups (broad SMARTS) is 1. The highest BCUT2D eigenvalue weighted by molar-refractivity contribution is 5.93. The number of benzene rings is 1. The Morgan fingerprint density at radius 1 is 1.38 bits per heavy atom. The first-order chi connectivity index (χ1) is 11.7. The molecule has 3 rings (SSSR count). The molecule has 1 aliphatic heterocycles. The van der Waals surface area contributed by atoms with Gasteiger partial charge in [0.05, 0.1) is 7.11 Å². The fourth-order valence-corrected chi connectivity index (χ4v) is 3.34. The van der Waals surface area contributed by atoms with Gasteiger partial charge < -0.3 is 20.1 Å². The molecular weight excluding hydrogens is 306 g/mol. The molecular formula is C18H23N3O3. The maximum Gasteiger partial charge on any atom is 0.404 e. The van der Waals surface area contributed by atoms with E-state index in [-0.39, 0.29) is 0 Å². The molecule has 1 aromatic heterocycles. The van der Waals surface area contributed by atoms with Crippen molar-refractivity contribution in [1.29, 1.82) is 0 Å². The van der Waals surface area contributed by atoms with Gasteiger partial charge in [0.15, 0.2) is 0 Å². The van der Waals surface area contributed by atoms with Crippen LogP contribution in [-0.2, 0) is 0 Å². The van der Waals surface area contributed by atoms with Gasteiger partial charge in [-0.2, -0.15) is 0 Å². The second kappa shape index (κ2) is 7.38. The van der Waals surface area contributed by atoms with Crippen molar-refractivity contribution in [3.63, 3.8) is 0 Å². The van der Waals surface area contributed by atoms with Crippen molar-refractivity contribution in [2.45, 2.75) is 19.3 Å². The fraction of sp³-hybridized carbons (Fsp3) is 0.444. The van der Waals surface area contributed by atoms with Crippen LogP contribution in [-0.4, -0.2) is 42.9 Å². The van der Waals surface area contributed by atoms with Gasteiger partial charge in [0, 0.05) is 31.2 Å². The number of carbonyl (C=O) groups is 1. The van der Waals surface area contributed by atoms with Gasteiger partial charge in [-0.15, -0.1) is 0 Å². The Morgan fingerprint density at radius 2 is 2.17 bits per heavy atom. The molecule has 0 bridgehead atoms. The van der Waals surface area contributed by atoms with Crippen LogP contribution >= 0.6 is 0 Å². The summed E-state index contributed by atoms with van der Waals surface area (Å²) in [5.74, 6) is 2.45. The number of methoxy groups -OCH3 is 1. The molecule has 0 radical (unpaired) electrons. The van der Waals surface area contributed by atoms with Gasteiger partial charge in [0.1, 0.15) is 11.6 Å². The van der Waals surface area contributed by atoms with Gasteiger partial charge >= 0.3 is 6.09 Å². The molecule has 1 aromatic carbocycles. The number of hydrogen-bond donors (Lipinski definition) is 2. The number of fused-ring (bicyclic) bond motifs is 1. The third-order valence-corrected chi connectivity index (χ3v) is 4.69. The fourth-order valence-electron chi connectivity index (χ4n) is 3.34. The van der Waals surface area contributed by atoms with Gasteiger partial charge in [0.2, 0.25) is 0 Å². The first-order valence-electron chi connectivity index (χ1n) is 8.32. The molecule has 0 saturated carbocycles. The monoisotopic (exact) mass is 329 g/mol. The molecule has 2 aromatic rings. The van der Waals surface area contributed by atoms with Crippen LogP contribution in [0.5, 0.6) is 5.75 Å². The van der Waals surface area contributed by atoms with Crippen molar-refractivity contribution in [1.82, 2.24) is 10.3 Å². The lowest BCUT2D eigenvalue weighted by molar-refractivity contribution is 0.193. The van der Waals surface area contributed by atoms with Gasteiger partial charge in [-0.3, -0.25) is 0 Å². The van der Waals surface area contributed by atoms with E-state index in [2.05, 4.69) is 21.3 Å². The second-order valence-electron chi connectivity index (χ2n) is 6.17. The van der Waals surface area contributed by atoms with Crippen LogP contribution in [0.3, 0.4) is 0 Å². The molecule has 128 valence electrons. The molecule has 6 nitrogen and oxygen atoms in total. The summed E-state index contributed by atoms with van der Waals surface area (Å²) in [5, 5.41) is 13.4. The number of nitrogens with one attached hydrogen (secondary N) is 1. The minimum absolute atomic E-state index is 0.534. The summed E-state index contributed by atoms with van der Waals surface area (Å²) in [6, 6.07) is 8.08. The van der Waals surface area contributed by atoms with E-state index in [0.717, 1.165) is 54.7 Å². The maximum atomic E-state index is 10.5. The molecule has 0 unspecified atom stereocenters. The van der Waals surface area contributed by atoms with Crippen LogP contribution in [0.15, 0.2) is 30.5 Å². The van der Waals surface area contributed by atoms with E-state index in [0.29, 0.717) is 12.5 Å². The Morgan fingerprint density at radius 3 is 2.88 bits per heavy atom. The molecule has 1 fully saturated rings. The molecule has 6 heteroatoms. The van der Waals surface area contributed by atoms with E-state index in [1.54, 1.807) is 7.11 Å². The zero-order valence-electron chi connectivity index (χ0n) is 13.9. The maximum absolute atomic E-state index is 10.5. The number of rotatable bonds is 5. The SMILES string of the molecule is COc1ccc2c(N3CCC(CCNC(=O)O)CC3)nccc2c1. The lowest BCUT2D eigenvalue weighted by Crippen LogP contribution is -2.35. The zero-order chi connectivity index (χ0) is 16.9. The van der Waals surface area contributed by atoms with Crippen LogP contribution in [0.2, 0.25) is 0 Å². The number of hydrogen-bond acceptors (Lipinski definition) is 4. The Labute approximate surface area is 141 Å². The summed E-state index contributed by atoms with van der Waals surface area (Å²) in [7, 11) is 1.67. The largest absolute Gasteiger partial charge is 0.497 e. The van der Waals surface area contributed by atoms with E-state index < -0.39 is 6.09 Å². The topological polar surface area (TPSA) is 74.7 Å². The summed E-state index contributed by atoms with van der Waals surface area (Å²) in [4.78, 5) is 17.4. The summed E-state index contributed by atoms with van der Waals surface area (Å²) >= 11 is 0. The molecule has 24 heavy (non-hydrogen) atoms. The average Bonchev–Trinajstić information content (AvgIpc) is 2.61. The number of pyridine rings is 1. The van der Waals surface area contributed by atoms with Gasteiger partial charge in [-0.25, -0.2) is 9.78 Å². The quantitative estimate of drug-likeness (QED) is 0.881. The minimum atomic E-state index is -0.942. The highest BCUT2D eigenvalue weighted by Crippen LogP contribution is 2.30. The van der Waals surface area contributed by atoms with Gasteiger partial charge in [-0.05, 0) is 54.8 Å². The van der Waals surface area contributed by atoms with Crippen molar-refractivity contribution in [2.75, 3.05) is 31.6 Å².